The molecule has 142 valence electrons. The van der Waals surface area contributed by atoms with Gasteiger partial charge in [0.2, 0.25) is 0 Å². The summed E-state index contributed by atoms with van der Waals surface area (Å²) in [6.07, 6.45) is 14.5. The molecule has 0 aliphatic heterocycles. The lowest BCUT2D eigenvalue weighted by Crippen LogP contribution is -4.05. The van der Waals surface area contributed by atoms with E-state index in [1.54, 1.807) is 0 Å². The standard InChI is InChI=1S/C18H40N.IO3/c1-5-9-10-11-12-13-14-15-16-17-18-19(6-2,7-3)8-4;2-1(3)4/h5-18H2,1-4H3;/q+1;-1. The fourth-order valence-electron chi connectivity index (χ4n) is 3.08. The highest BCUT2D eigenvalue weighted by atomic mass is 127. The zero-order valence-corrected chi connectivity index (χ0v) is 18.1. The third-order valence-corrected chi connectivity index (χ3v) is 5.00. The molecule has 0 bridgehead atoms. The van der Waals surface area contributed by atoms with E-state index in [4.69, 9.17) is 10.3 Å². The van der Waals surface area contributed by atoms with Crippen molar-refractivity contribution in [3.8, 4) is 0 Å². The number of rotatable bonds is 14. The molecule has 0 unspecified atom stereocenters. The van der Waals surface area contributed by atoms with Gasteiger partial charge in [-0.25, -0.2) is 0 Å². The van der Waals surface area contributed by atoms with Gasteiger partial charge in [0.05, 0.1) is 26.2 Å². The first-order valence-corrected chi connectivity index (χ1v) is 12.2. The molecular weight excluding hydrogens is 405 g/mol. The van der Waals surface area contributed by atoms with Gasteiger partial charge in [-0.3, -0.25) is 0 Å². The lowest BCUT2D eigenvalue weighted by atomic mass is 10.1. The summed E-state index contributed by atoms with van der Waals surface area (Å²) in [5.74, 6) is 0. The molecule has 5 heteroatoms. The van der Waals surface area contributed by atoms with Gasteiger partial charge in [-0.05, 0) is 33.6 Å². The molecule has 0 rings (SSSR count). The molecule has 0 heterocycles. The Morgan fingerprint density at radius 2 is 0.870 bits per heavy atom. The van der Waals surface area contributed by atoms with Crippen molar-refractivity contribution in [2.75, 3.05) is 26.2 Å². The van der Waals surface area contributed by atoms with Crippen LogP contribution in [0.2, 0.25) is 0 Å². The Morgan fingerprint density at radius 1 is 0.565 bits per heavy atom. The van der Waals surface area contributed by atoms with E-state index >= 15 is 0 Å². The lowest BCUT2D eigenvalue weighted by molar-refractivity contribution is -1.73. The molecular formula is C18H40INO3. The molecule has 0 amide bonds. The maximum absolute atomic E-state index is 8.57. The van der Waals surface area contributed by atoms with Crippen molar-refractivity contribution in [2.24, 2.45) is 0 Å². The van der Waals surface area contributed by atoms with Crippen molar-refractivity contribution in [1.82, 2.24) is 0 Å². The highest BCUT2D eigenvalue weighted by Crippen LogP contribution is 2.13. The van der Waals surface area contributed by atoms with Crippen LogP contribution in [0.4, 0.5) is 0 Å². The van der Waals surface area contributed by atoms with Crippen molar-refractivity contribution in [2.45, 2.75) is 91.9 Å². The van der Waals surface area contributed by atoms with Crippen LogP contribution in [0.15, 0.2) is 0 Å². The Balaban J connectivity index is 0. The first-order valence-electron chi connectivity index (χ1n) is 9.56. The molecule has 0 radical (unpaired) electrons. The van der Waals surface area contributed by atoms with E-state index in [0.717, 1.165) is 0 Å². The number of halogens is 1. The molecule has 4 nitrogen and oxygen atoms in total. The second kappa shape index (κ2) is 18.9. The molecule has 0 spiro atoms. The summed E-state index contributed by atoms with van der Waals surface area (Å²) in [5.41, 5.74) is 0. The van der Waals surface area contributed by atoms with Crippen molar-refractivity contribution >= 4 is 0 Å². The van der Waals surface area contributed by atoms with Crippen molar-refractivity contribution in [3.05, 3.63) is 0 Å². The maximum atomic E-state index is 8.57. The monoisotopic (exact) mass is 445 g/mol. The van der Waals surface area contributed by atoms with Gasteiger partial charge in [0.1, 0.15) is 0 Å². The van der Waals surface area contributed by atoms with E-state index in [9.17, 15) is 0 Å². The molecule has 23 heavy (non-hydrogen) atoms. The van der Waals surface area contributed by atoms with Gasteiger partial charge < -0.3 is 14.8 Å². The van der Waals surface area contributed by atoms with Gasteiger partial charge in [-0.1, -0.05) is 58.3 Å². The van der Waals surface area contributed by atoms with Gasteiger partial charge in [0.15, 0.2) is 0 Å². The molecule has 0 saturated carbocycles. The molecule has 0 aliphatic rings. The average Bonchev–Trinajstić information content (AvgIpc) is 2.53. The van der Waals surface area contributed by atoms with E-state index in [2.05, 4.69) is 27.7 Å². The molecule has 0 fully saturated rings. The van der Waals surface area contributed by atoms with E-state index in [1.807, 2.05) is 0 Å². The van der Waals surface area contributed by atoms with Crippen LogP contribution >= 0.6 is 0 Å². The predicted octanol–water partition coefficient (Wildman–Crippen LogP) is -0.779. The fourth-order valence-corrected chi connectivity index (χ4v) is 3.08. The second-order valence-electron chi connectivity index (χ2n) is 6.38. The van der Waals surface area contributed by atoms with Gasteiger partial charge >= 0.3 is 0 Å². The summed E-state index contributed by atoms with van der Waals surface area (Å²) >= 11 is -4.01. The SMILES string of the molecule is CCCCCCCCCCCC[N+](CC)(CC)CC.[O-][I+2]([O-])[O-]. The largest absolute Gasteiger partial charge is 0.427 e. The first-order chi connectivity index (χ1) is 11.0. The summed E-state index contributed by atoms with van der Waals surface area (Å²) in [5, 5.41) is 0. The van der Waals surface area contributed by atoms with Gasteiger partial charge in [-0.15, -0.1) is 0 Å². The topological polar surface area (TPSA) is 69.2 Å². The quantitative estimate of drug-likeness (QED) is 0.200. The third-order valence-electron chi connectivity index (χ3n) is 5.00. The summed E-state index contributed by atoms with van der Waals surface area (Å²) in [6, 6.07) is 0. The summed E-state index contributed by atoms with van der Waals surface area (Å²) < 4.78 is 27.1. The number of quaternary nitrogens is 1. The smallest absolute Gasteiger partial charge is 0.282 e. The molecule has 0 atom stereocenters. The predicted molar refractivity (Wildman–Crippen MR) is 88.6 cm³/mol. The third kappa shape index (κ3) is 18.7. The van der Waals surface area contributed by atoms with Gasteiger partial charge in [-0.2, -0.15) is 0 Å². The highest BCUT2D eigenvalue weighted by Gasteiger charge is 2.19. The van der Waals surface area contributed by atoms with E-state index in [1.165, 1.54) is 94.9 Å². The molecule has 0 aromatic rings. The second-order valence-corrected chi connectivity index (χ2v) is 7.46. The van der Waals surface area contributed by atoms with E-state index in [0.29, 0.717) is 0 Å². The zero-order valence-electron chi connectivity index (χ0n) is 15.9. The minimum absolute atomic E-state index is 1.31. The van der Waals surface area contributed by atoms with Crippen molar-refractivity contribution in [3.63, 3.8) is 0 Å². The van der Waals surface area contributed by atoms with Crippen LogP contribution in [0, 0.1) is 0 Å². The number of hydrogen-bond donors (Lipinski definition) is 0. The van der Waals surface area contributed by atoms with Crippen LogP contribution in [-0.2, 0) is 0 Å². The van der Waals surface area contributed by atoms with Crippen molar-refractivity contribution in [1.29, 1.82) is 0 Å². The first kappa shape index (κ1) is 25.8. The normalized spacial score (nSPS) is 11.5. The van der Waals surface area contributed by atoms with Crippen LogP contribution in [0.3, 0.4) is 0 Å². The minimum Gasteiger partial charge on any atom is -0.427 e. The molecule has 0 aliphatic carbocycles. The Bertz CT molecular complexity index is 213. The Hall–Kier alpha value is 0.570. The zero-order chi connectivity index (χ0) is 18.0. The molecule has 0 aromatic heterocycles. The van der Waals surface area contributed by atoms with Crippen LogP contribution in [0.1, 0.15) is 91.9 Å². The molecule has 0 aromatic carbocycles. The van der Waals surface area contributed by atoms with Crippen LogP contribution < -0.4 is 31.4 Å². The molecule has 0 saturated heterocycles. The number of nitrogens with zero attached hydrogens (tertiary/aromatic N) is 1. The number of unbranched alkanes of at least 4 members (excludes halogenated alkanes) is 9. The Kier molecular flexibility index (Phi) is 21.2. The summed E-state index contributed by atoms with van der Waals surface area (Å²) in [4.78, 5) is 0. The summed E-state index contributed by atoms with van der Waals surface area (Å²) in [6.45, 7) is 14.7. The average molecular weight is 445 g/mol. The Labute approximate surface area is 153 Å². The molecule has 0 N–H and O–H groups in total. The fraction of sp³-hybridized carbons (Fsp3) is 1.00. The van der Waals surface area contributed by atoms with Gasteiger partial charge in [0.25, 0.3) is 21.1 Å². The van der Waals surface area contributed by atoms with Gasteiger partial charge in [0, 0.05) is 0 Å². The van der Waals surface area contributed by atoms with E-state index < -0.39 is 21.1 Å². The maximum Gasteiger partial charge on any atom is 0.282 e. The lowest BCUT2D eigenvalue weighted by Gasteiger charge is -2.35. The van der Waals surface area contributed by atoms with Crippen LogP contribution in [-0.4, -0.2) is 30.7 Å². The summed E-state index contributed by atoms with van der Waals surface area (Å²) in [7, 11) is 0. The van der Waals surface area contributed by atoms with E-state index in [-0.39, 0.29) is 0 Å². The number of hydrogen-bond acceptors (Lipinski definition) is 3. The Morgan fingerprint density at radius 3 is 1.17 bits per heavy atom. The van der Waals surface area contributed by atoms with Crippen molar-refractivity contribution < 1.29 is 35.9 Å². The minimum atomic E-state index is -4.01. The van der Waals surface area contributed by atoms with Crippen LogP contribution in [0.25, 0.3) is 0 Å². The highest BCUT2D eigenvalue weighted by molar-refractivity contribution is 4.48. The van der Waals surface area contributed by atoms with Crippen LogP contribution in [0.5, 0.6) is 0 Å².